The molecule has 0 aromatic carbocycles. The standard InChI is InChI=1S/C14H27NO4/c1-11(2)18-8-9-19-12-6-5-7-14(10-12,15-3)13(16)17-4/h11-12,15H,5-10H2,1-4H3. The first-order valence-corrected chi connectivity index (χ1v) is 7.04. The van der Waals surface area contributed by atoms with Crippen LogP contribution in [0.4, 0.5) is 0 Å². The van der Waals surface area contributed by atoms with Crippen LogP contribution in [0.15, 0.2) is 0 Å². The van der Waals surface area contributed by atoms with Gasteiger partial charge in [0.05, 0.1) is 32.5 Å². The molecule has 1 saturated carbocycles. The molecule has 1 N–H and O–H groups in total. The molecule has 0 aliphatic heterocycles. The maximum absolute atomic E-state index is 11.9. The molecule has 1 fully saturated rings. The minimum atomic E-state index is -0.587. The largest absolute Gasteiger partial charge is 0.468 e. The predicted molar refractivity (Wildman–Crippen MR) is 73.1 cm³/mol. The number of esters is 1. The number of hydrogen-bond acceptors (Lipinski definition) is 5. The minimum Gasteiger partial charge on any atom is -0.468 e. The zero-order valence-electron chi connectivity index (χ0n) is 12.5. The molecule has 5 heteroatoms. The molecule has 19 heavy (non-hydrogen) atoms. The van der Waals surface area contributed by atoms with Crippen LogP contribution in [-0.2, 0) is 19.0 Å². The van der Waals surface area contributed by atoms with Gasteiger partial charge in [-0.25, -0.2) is 0 Å². The van der Waals surface area contributed by atoms with Crippen molar-refractivity contribution in [1.82, 2.24) is 5.32 Å². The highest BCUT2D eigenvalue weighted by Gasteiger charge is 2.42. The lowest BCUT2D eigenvalue weighted by Gasteiger charge is -2.38. The number of carbonyl (C=O) groups is 1. The molecular formula is C14H27NO4. The highest BCUT2D eigenvalue weighted by Crippen LogP contribution is 2.31. The molecule has 5 nitrogen and oxygen atoms in total. The summed E-state index contributed by atoms with van der Waals surface area (Å²) in [5.41, 5.74) is -0.587. The van der Waals surface area contributed by atoms with Crippen molar-refractivity contribution in [2.24, 2.45) is 0 Å². The smallest absolute Gasteiger partial charge is 0.326 e. The Labute approximate surface area is 116 Å². The molecule has 1 aliphatic rings. The van der Waals surface area contributed by atoms with Crippen LogP contribution < -0.4 is 5.32 Å². The summed E-state index contributed by atoms with van der Waals surface area (Å²) < 4.78 is 16.2. The molecule has 0 heterocycles. The van der Waals surface area contributed by atoms with Gasteiger partial charge in [-0.3, -0.25) is 4.79 Å². The van der Waals surface area contributed by atoms with Crippen molar-refractivity contribution < 1.29 is 19.0 Å². The van der Waals surface area contributed by atoms with Crippen molar-refractivity contribution in [1.29, 1.82) is 0 Å². The number of carbonyl (C=O) groups excluding carboxylic acids is 1. The van der Waals surface area contributed by atoms with Gasteiger partial charge in [-0.05, 0) is 40.2 Å². The number of likely N-dealkylation sites (N-methyl/N-ethyl adjacent to an activating group) is 1. The molecule has 1 aliphatic carbocycles. The predicted octanol–water partition coefficient (Wildman–Crippen LogP) is 1.50. The van der Waals surface area contributed by atoms with Gasteiger partial charge in [0.25, 0.3) is 0 Å². The lowest BCUT2D eigenvalue weighted by molar-refractivity contribution is -0.152. The van der Waals surface area contributed by atoms with Gasteiger partial charge < -0.3 is 19.5 Å². The Morgan fingerprint density at radius 2 is 2.16 bits per heavy atom. The van der Waals surface area contributed by atoms with Gasteiger partial charge in [0, 0.05) is 6.42 Å². The van der Waals surface area contributed by atoms with Gasteiger partial charge >= 0.3 is 5.97 Å². The van der Waals surface area contributed by atoms with Crippen LogP contribution in [0.3, 0.4) is 0 Å². The fourth-order valence-corrected chi connectivity index (χ4v) is 2.58. The van der Waals surface area contributed by atoms with Crippen LogP contribution in [0, 0.1) is 0 Å². The highest BCUT2D eigenvalue weighted by molar-refractivity contribution is 5.80. The third-order valence-corrected chi connectivity index (χ3v) is 3.65. The van der Waals surface area contributed by atoms with Gasteiger partial charge in [-0.2, -0.15) is 0 Å². The summed E-state index contributed by atoms with van der Waals surface area (Å²) in [5, 5.41) is 3.12. The molecule has 112 valence electrons. The fourth-order valence-electron chi connectivity index (χ4n) is 2.58. The van der Waals surface area contributed by atoms with Crippen LogP contribution >= 0.6 is 0 Å². The van der Waals surface area contributed by atoms with E-state index in [0.29, 0.717) is 19.6 Å². The number of rotatable bonds is 7. The molecule has 1 rings (SSSR count). The minimum absolute atomic E-state index is 0.0936. The quantitative estimate of drug-likeness (QED) is 0.563. The Morgan fingerprint density at radius 1 is 1.42 bits per heavy atom. The summed E-state index contributed by atoms with van der Waals surface area (Å²) in [4.78, 5) is 11.9. The van der Waals surface area contributed by atoms with Crippen LogP contribution in [0.5, 0.6) is 0 Å². The topological polar surface area (TPSA) is 56.8 Å². The summed E-state index contributed by atoms with van der Waals surface area (Å²) >= 11 is 0. The van der Waals surface area contributed by atoms with Crippen LogP contribution in [0.2, 0.25) is 0 Å². The van der Waals surface area contributed by atoms with Crippen LogP contribution in [0.25, 0.3) is 0 Å². The van der Waals surface area contributed by atoms with Gasteiger partial charge in [0.2, 0.25) is 0 Å². The summed E-state index contributed by atoms with van der Waals surface area (Å²) in [6.07, 6.45) is 3.74. The number of ether oxygens (including phenoxy) is 3. The molecule has 0 radical (unpaired) electrons. The van der Waals surface area contributed by atoms with Crippen molar-refractivity contribution >= 4 is 5.97 Å². The van der Waals surface area contributed by atoms with Gasteiger partial charge in [-0.1, -0.05) is 0 Å². The highest BCUT2D eigenvalue weighted by atomic mass is 16.5. The summed E-state index contributed by atoms with van der Waals surface area (Å²) in [5.74, 6) is -0.193. The van der Waals surface area contributed by atoms with Crippen molar-refractivity contribution in [2.45, 2.75) is 57.3 Å². The molecule has 0 saturated heterocycles. The summed E-state index contributed by atoms with van der Waals surface area (Å²) in [6.45, 7) is 5.18. The fraction of sp³-hybridized carbons (Fsp3) is 0.929. The van der Waals surface area contributed by atoms with E-state index >= 15 is 0 Å². The maximum atomic E-state index is 11.9. The lowest BCUT2D eigenvalue weighted by Crippen LogP contribution is -2.55. The van der Waals surface area contributed by atoms with Crippen molar-refractivity contribution in [3.8, 4) is 0 Å². The average Bonchev–Trinajstić information content (AvgIpc) is 2.42. The average molecular weight is 273 g/mol. The van der Waals surface area contributed by atoms with E-state index < -0.39 is 5.54 Å². The maximum Gasteiger partial charge on any atom is 0.326 e. The Balaban J connectivity index is 2.42. The molecule has 0 aromatic rings. The molecular weight excluding hydrogens is 246 g/mol. The first-order chi connectivity index (χ1) is 9.04. The first-order valence-electron chi connectivity index (χ1n) is 7.04. The van der Waals surface area contributed by atoms with Gasteiger partial charge in [0.1, 0.15) is 5.54 Å². The Hall–Kier alpha value is -0.650. The number of methoxy groups -OCH3 is 1. The number of hydrogen-bond donors (Lipinski definition) is 1. The second-order valence-electron chi connectivity index (χ2n) is 5.33. The molecule has 0 bridgehead atoms. The van der Waals surface area contributed by atoms with E-state index in [-0.39, 0.29) is 18.2 Å². The monoisotopic (exact) mass is 273 g/mol. The van der Waals surface area contributed by atoms with Crippen LogP contribution in [-0.4, -0.2) is 51.1 Å². The van der Waals surface area contributed by atoms with E-state index in [9.17, 15) is 4.79 Å². The molecule has 2 unspecified atom stereocenters. The van der Waals surface area contributed by atoms with E-state index in [2.05, 4.69) is 5.32 Å². The van der Waals surface area contributed by atoms with Crippen LogP contribution in [0.1, 0.15) is 39.5 Å². The second-order valence-corrected chi connectivity index (χ2v) is 5.33. The van der Waals surface area contributed by atoms with E-state index in [0.717, 1.165) is 19.3 Å². The van der Waals surface area contributed by atoms with Crippen molar-refractivity contribution in [3.05, 3.63) is 0 Å². The third-order valence-electron chi connectivity index (χ3n) is 3.65. The van der Waals surface area contributed by atoms with Gasteiger partial charge in [-0.15, -0.1) is 0 Å². The molecule has 0 aromatic heterocycles. The van der Waals surface area contributed by atoms with E-state index in [4.69, 9.17) is 14.2 Å². The molecule has 0 amide bonds. The van der Waals surface area contributed by atoms with E-state index in [1.54, 1.807) is 7.05 Å². The lowest BCUT2D eigenvalue weighted by atomic mass is 9.80. The molecule has 0 spiro atoms. The van der Waals surface area contributed by atoms with E-state index in [1.807, 2.05) is 13.8 Å². The second kappa shape index (κ2) is 7.82. The summed E-state index contributed by atoms with van der Waals surface area (Å²) in [6, 6.07) is 0. The normalized spacial score (nSPS) is 27.5. The summed E-state index contributed by atoms with van der Waals surface area (Å²) in [7, 11) is 3.24. The van der Waals surface area contributed by atoms with Crippen molar-refractivity contribution in [2.75, 3.05) is 27.4 Å². The van der Waals surface area contributed by atoms with E-state index in [1.165, 1.54) is 7.11 Å². The van der Waals surface area contributed by atoms with Crippen molar-refractivity contribution in [3.63, 3.8) is 0 Å². The molecule has 2 atom stereocenters. The Kier molecular flexibility index (Phi) is 6.75. The Morgan fingerprint density at radius 3 is 2.74 bits per heavy atom. The SMILES string of the molecule is CNC1(C(=O)OC)CCCC(OCCOC(C)C)C1. The first kappa shape index (κ1) is 16.4. The van der Waals surface area contributed by atoms with Gasteiger partial charge in [0.15, 0.2) is 0 Å². The third kappa shape index (κ3) is 4.75. The number of nitrogens with one attached hydrogen (secondary N) is 1. The zero-order valence-corrected chi connectivity index (χ0v) is 12.5. The zero-order chi connectivity index (χ0) is 14.3. The Bertz CT molecular complexity index is 283.